The van der Waals surface area contributed by atoms with E-state index in [0.29, 0.717) is 0 Å². The van der Waals surface area contributed by atoms with E-state index in [2.05, 4.69) is 30.4 Å². The monoisotopic (exact) mass is 305 g/mol. The van der Waals surface area contributed by atoms with Crippen molar-refractivity contribution in [2.45, 2.75) is 52.2 Å². The molecular formula is C16H23N3OS. The van der Waals surface area contributed by atoms with Gasteiger partial charge in [0, 0.05) is 5.41 Å². The van der Waals surface area contributed by atoms with Crippen LogP contribution in [-0.4, -0.2) is 15.7 Å². The van der Waals surface area contributed by atoms with Gasteiger partial charge in [0.25, 0.3) is 0 Å². The Kier molecular flexibility index (Phi) is 4.64. The van der Waals surface area contributed by atoms with Crippen LogP contribution in [0.5, 0.6) is 5.75 Å². The third-order valence-electron chi connectivity index (χ3n) is 3.12. The maximum Gasteiger partial charge on any atom is 0.119 e. The molecule has 0 fully saturated rings. The maximum absolute atomic E-state index is 6.40. The molecule has 1 unspecified atom stereocenters. The summed E-state index contributed by atoms with van der Waals surface area (Å²) in [6, 6.07) is 7.73. The predicted molar refractivity (Wildman–Crippen MR) is 86.8 cm³/mol. The average molecular weight is 305 g/mol. The minimum atomic E-state index is -0.202. The molecule has 0 saturated heterocycles. The Balaban J connectivity index is 2.24. The zero-order valence-corrected chi connectivity index (χ0v) is 14.1. The summed E-state index contributed by atoms with van der Waals surface area (Å²) in [6.07, 6.45) is 0.169. The van der Waals surface area contributed by atoms with Crippen LogP contribution in [0.15, 0.2) is 24.3 Å². The van der Waals surface area contributed by atoms with Crippen LogP contribution in [0.3, 0.4) is 0 Å². The smallest absolute Gasteiger partial charge is 0.119 e. The molecule has 0 amide bonds. The molecule has 1 aromatic carbocycles. The molecule has 1 heterocycles. The minimum Gasteiger partial charge on any atom is -0.491 e. The van der Waals surface area contributed by atoms with Crippen LogP contribution in [-0.2, 0) is 5.41 Å². The molecule has 114 valence electrons. The number of benzene rings is 1. The van der Waals surface area contributed by atoms with Crippen molar-refractivity contribution in [3.05, 3.63) is 40.4 Å². The summed E-state index contributed by atoms with van der Waals surface area (Å²) in [5.74, 6) is 0.861. The van der Waals surface area contributed by atoms with Gasteiger partial charge in [0.05, 0.1) is 22.7 Å². The van der Waals surface area contributed by atoms with Gasteiger partial charge in [-0.15, -0.1) is 5.10 Å². The lowest BCUT2D eigenvalue weighted by atomic mass is 9.89. The van der Waals surface area contributed by atoms with Crippen LogP contribution in [0.4, 0.5) is 0 Å². The summed E-state index contributed by atoms with van der Waals surface area (Å²) >= 11 is 1.38. The van der Waals surface area contributed by atoms with E-state index in [1.807, 2.05) is 38.1 Å². The van der Waals surface area contributed by atoms with Crippen molar-refractivity contribution < 1.29 is 4.74 Å². The Labute approximate surface area is 130 Å². The normalized spacial score (nSPS) is 13.5. The van der Waals surface area contributed by atoms with Crippen LogP contribution in [0, 0.1) is 0 Å². The number of hydrogen-bond acceptors (Lipinski definition) is 5. The molecule has 2 rings (SSSR count). The second-order valence-corrected chi connectivity index (χ2v) is 7.23. The molecule has 0 saturated carbocycles. The summed E-state index contributed by atoms with van der Waals surface area (Å²) in [4.78, 5) is 1.03. The maximum atomic E-state index is 6.40. The van der Waals surface area contributed by atoms with Crippen LogP contribution in [0.1, 0.15) is 56.8 Å². The SMILES string of the molecule is CC(C)Oc1ccc(C(N)c2snnc2C(C)(C)C)cc1. The van der Waals surface area contributed by atoms with Gasteiger partial charge in [0.2, 0.25) is 0 Å². The molecule has 0 aliphatic carbocycles. The zero-order chi connectivity index (χ0) is 15.6. The quantitative estimate of drug-likeness (QED) is 0.936. The number of hydrogen-bond donors (Lipinski definition) is 1. The van der Waals surface area contributed by atoms with Crippen molar-refractivity contribution >= 4 is 11.5 Å². The van der Waals surface area contributed by atoms with E-state index in [1.165, 1.54) is 11.5 Å². The number of nitrogens with two attached hydrogens (primary N) is 1. The third-order valence-corrected chi connectivity index (χ3v) is 3.92. The molecule has 0 radical (unpaired) electrons. The summed E-state index contributed by atoms with van der Waals surface area (Å²) < 4.78 is 9.73. The van der Waals surface area contributed by atoms with Crippen molar-refractivity contribution in [1.82, 2.24) is 9.59 Å². The van der Waals surface area contributed by atoms with Crippen LogP contribution in [0.25, 0.3) is 0 Å². The van der Waals surface area contributed by atoms with E-state index >= 15 is 0 Å². The number of ether oxygens (including phenoxy) is 1. The predicted octanol–water partition coefficient (Wildman–Crippen LogP) is 3.67. The highest BCUT2D eigenvalue weighted by molar-refractivity contribution is 7.05. The van der Waals surface area contributed by atoms with Crippen molar-refractivity contribution in [1.29, 1.82) is 0 Å². The van der Waals surface area contributed by atoms with E-state index in [4.69, 9.17) is 10.5 Å². The Morgan fingerprint density at radius 2 is 1.76 bits per heavy atom. The fraction of sp³-hybridized carbons (Fsp3) is 0.500. The first kappa shape index (κ1) is 15.9. The second kappa shape index (κ2) is 6.12. The highest BCUT2D eigenvalue weighted by Crippen LogP contribution is 2.32. The standard InChI is InChI=1S/C16H23N3OS/c1-10(2)20-12-8-6-11(7-9-12)13(17)14-15(16(3,4)5)18-19-21-14/h6-10,13H,17H2,1-5H3. The summed E-state index contributed by atoms with van der Waals surface area (Å²) in [5, 5.41) is 4.25. The van der Waals surface area contributed by atoms with Crippen LogP contribution >= 0.6 is 11.5 Å². The fourth-order valence-electron chi connectivity index (χ4n) is 2.10. The van der Waals surface area contributed by atoms with Gasteiger partial charge in [-0.25, -0.2) is 0 Å². The Morgan fingerprint density at radius 3 is 2.29 bits per heavy atom. The van der Waals surface area contributed by atoms with E-state index in [0.717, 1.165) is 21.9 Å². The van der Waals surface area contributed by atoms with Gasteiger partial charge in [0.15, 0.2) is 0 Å². The Morgan fingerprint density at radius 1 is 1.14 bits per heavy atom. The van der Waals surface area contributed by atoms with Crippen LogP contribution < -0.4 is 10.5 Å². The Hall–Kier alpha value is -1.46. The van der Waals surface area contributed by atoms with Gasteiger partial charge in [-0.3, -0.25) is 0 Å². The first-order valence-corrected chi connectivity index (χ1v) is 7.91. The highest BCUT2D eigenvalue weighted by atomic mass is 32.1. The lowest BCUT2D eigenvalue weighted by Crippen LogP contribution is -2.19. The van der Waals surface area contributed by atoms with Gasteiger partial charge in [-0.05, 0) is 43.1 Å². The largest absolute Gasteiger partial charge is 0.491 e. The molecule has 2 N–H and O–H groups in total. The summed E-state index contributed by atoms with van der Waals surface area (Å²) in [7, 11) is 0. The van der Waals surface area contributed by atoms with Crippen molar-refractivity contribution in [3.8, 4) is 5.75 Å². The van der Waals surface area contributed by atoms with E-state index in [-0.39, 0.29) is 17.6 Å². The lowest BCUT2D eigenvalue weighted by molar-refractivity contribution is 0.242. The molecule has 1 aromatic heterocycles. The molecular weight excluding hydrogens is 282 g/mol. The van der Waals surface area contributed by atoms with Gasteiger partial charge in [0.1, 0.15) is 5.75 Å². The van der Waals surface area contributed by atoms with Gasteiger partial charge in [-0.2, -0.15) is 0 Å². The van der Waals surface area contributed by atoms with E-state index in [1.54, 1.807) is 0 Å². The minimum absolute atomic E-state index is 0.0549. The highest BCUT2D eigenvalue weighted by Gasteiger charge is 2.26. The first-order chi connectivity index (χ1) is 9.79. The van der Waals surface area contributed by atoms with Crippen molar-refractivity contribution in [2.75, 3.05) is 0 Å². The molecule has 21 heavy (non-hydrogen) atoms. The van der Waals surface area contributed by atoms with Crippen molar-refractivity contribution in [3.63, 3.8) is 0 Å². The molecule has 5 heteroatoms. The molecule has 2 aromatic rings. The molecule has 0 spiro atoms. The molecule has 0 aliphatic heterocycles. The summed E-state index contributed by atoms with van der Waals surface area (Å²) in [6.45, 7) is 10.4. The van der Waals surface area contributed by atoms with E-state index < -0.39 is 0 Å². The van der Waals surface area contributed by atoms with Crippen LogP contribution in [0.2, 0.25) is 0 Å². The fourth-order valence-corrected chi connectivity index (χ4v) is 2.99. The van der Waals surface area contributed by atoms with Gasteiger partial charge >= 0.3 is 0 Å². The first-order valence-electron chi connectivity index (χ1n) is 7.14. The van der Waals surface area contributed by atoms with Crippen molar-refractivity contribution in [2.24, 2.45) is 5.73 Å². The topological polar surface area (TPSA) is 61.0 Å². The van der Waals surface area contributed by atoms with E-state index in [9.17, 15) is 0 Å². The number of rotatable bonds is 4. The third kappa shape index (κ3) is 3.80. The van der Waals surface area contributed by atoms with Gasteiger partial charge in [-0.1, -0.05) is 37.4 Å². The average Bonchev–Trinajstić information content (AvgIpc) is 2.87. The number of nitrogens with zero attached hydrogens (tertiary/aromatic N) is 2. The lowest BCUT2D eigenvalue weighted by Gasteiger charge is -2.20. The molecule has 0 aliphatic rings. The van der Waals surface area contributed by atoms with Gasteiger partial charge < -0.3 is 10.5 Å². The molecule has 1 atom stereocenters. The number of aromatic nitrogens is 2. The molecule has 0 bridgehead atoms. The molecule has 4 nitrogen and oxygen atoms in total. The second-order valence-electron chi connectivity index (χ2n) is 6.45. The zero-order valence-electron chi connectivity index (χ0n) is 13.3. The summed E-state index contributed by atoms with van der Waals surface area (Å²) in [5.41, 5.74) is 8.36. The Bertz CT molecular complexity index is 584.